The monoisotopic (exact) mass is 200 g/mol. The Morgan fingerprint density at radius 2 is 2.36 bits per heavy atom. The molecule has 0 saturated carbocycles. The van der Waals surface area contributed by atoms with Crippen molar-refractivity contribution < 1.29 is 14.7 Å². The van der Waals surface area contributed by atoms with Gasteiger partial charge in [0.1, 0.15) is 5.84 Å². The summed E-state index contributed by atoms with van der Waals surface area (Å²) in [5, 5.41) is 11.7. The fourth-order valence-corrected chi connectivity index (χ4v) is 2.23. The Bertz CT molecular complexity index is 236. The van der Waals surface area contributed by atoms with Gasteiger partial charge in [-0.15, -0.1) is 0 Å². The molecule has 14 heavy (non-hydrogen) atoms. The van der Waals surface area contributed by atoms with Crippen molar-refractivity contribution in [3.63, 3.8) is 0 Å². The first kappa shape index (κ1) is 9.73. The zero-order chi connectivity index (χ0) is 10.0. The van der Waals surface area contributed by atoms with E-state index in [1.165, 1.54) is 0 Å². The van der Waals surface area contributed by atoms with Gasteiger partial charge in [0.25, 0.3) is 0 Å². The molecule has 5 nitrogen and oxygen atoms in total. The molecule has 2 saturated heterocycles. The lowest BCUT2D eigenvalue weighted by Gasteiger charge is -2.36. The lowest BCUT2D eigenvalue weighted by Crippen LogP contribution is -2.44. The predicted molar refractivity (Wildman–Crippen MR) is 50.3 cm³/mol. The molecule has 5 heteroatoms. The maximum Gasteiger partial charge on any atom is 0.142 e. The van der Waals surface area contributed by atoms with Gasteiger partial charge in [-0.1, -0.05) is 5.16 Å². The van der Waals surface area contributed by atoms with Crippen molar-refractivity contribution in [3.8, 4) is 0 Å². The second kappa shape index (κ2) is 3.74. The van der Waals surface area contributed by atoms with E-state index in [0.29, 0.717) is 19.0 Å². The van der Waals surface area contributed by atoms with Gasteiger partial charge in [0.15, 0.2) is 0 Å². The largest absolute Gasteiger partial charge is 0.409 e. The van der Waals surface area contributed by atoms with Crippen molar-refractivity contribution in [1.82, 2.24) is 0 Å². The Kier molecular flexibility index (Phi) is 2.60. The smallest absolute Gasteiger partial charge is 0.142 e. The van der Waals surface area contributed by atoms with Gasteiger partial charge in [0, 0.05) is 25.6 Å². The normalized spacial score (nSPS) is 39.1. The van der Waals surface area contributed by atoms with Gasteiger partial charge in [-0.2, -0.15) is 0 Å². The Morgan fingerprint density at radius 1 is 1.50 bits per heavy atom. The van der Waals surface area contributed by atoms with Crippen LogP contribution in [-0.2, 0) is 9.47 Å². The molecule has 0 bridgehead atoms. The highest BCUT2D eigenvalue weighted by atomic mass is 16.6. The minimum atomic E-state index is -0.168. The fourth-order valence-electron chi connectivity index (χ4n) is 2.23. The van der Waals surface area contributed by atoms with Crippen LogP contribution in [-0.4, -0.2) is 36.5 Å². The second-order valence-corrected chi connectivity index (χ2v) is 4.05. The summed E-state index contributed by atoms with van der Waals surface area (Å²) in [5.41, 5.74) is 5.43. The lowest BCUT2D eigenvalue weighted by atomic mass is 9.85. The Labute approximate surface area is 82.9 Å². The topological polar surface area (TPSA) is 77.1 Å². The van der Waals surface area contributed by atoms with Crippen molar-refractivity contribution in [2.75, 3.05) is 19.8 Å². The van der Waals surface area contributed by atoms with Crippen LogP contribution in [0.15, 0.2) is 5.16 Å². The zero-order valence-electron chi connectivity index (χ0n) is 8.11. The molecule has 3 N–H and O–H groups in total. The van der Waals surface area contributed by atoms with Crippen molar-refractivity contribution in [2.24, 2.45) is 16.8 Å². The highest BCUT2D eigenvalue weighted by Crippen LogP contribution is 2.35. The number of ether oxygens (including phenoxy) is 2. The van der Waals surface area contributed by atoms with E-state index in [-0.39, 0.29) is 11.5 Å². The minimum Gasteiger partial charge on any atom is -0.409 e. The van der Waals surface area contributed by atoms with Crippen LogP contribution in [0.4, 0.5) is 0 Å². The highest BCUT2D eigenvalue weighted by Gasteiger charge is 2.42. The number of amidine groups is 1. The lowest BCUT2D eigenvalue weighted by molar-refractivity contribution is -0.0887. The van der Waals surface area contributed by atoms with Gasteiger partial charge in [-0.05, 0) is 12.8 Å². The van der Waals surface area contributed by atoms with Crippen LogP contribution in [0, 0.1) is 5.92 Å². The van der Waals surface area contributed by atoms with Crippen LogP contribution < -0.4 is 5.73 Å². The molecular weight excluding hydrogens is 184 g/mol. The second-order valence-electron chi connectivity index (χ2n) is 4.05. The molecule has 2 rings (SSSR count). The van der Waals surface area contributed by atoms with Gasteiger partial charge in [-0.25, -0.2) is 0 Å². The summed E-state index contributed by atoms with van der Waals surface area (Å²) in [5.74, 6) is 0.454. The van der Waals surface area contributed by atoms with E-state index in [0.717, 1.165) is 25.9 Å². The summed E-state index contributed by atoms with van der Waals surface area (Å²) < 4.78 is 11.1. The van der Waals surface area contributed by atoms with Crippen molar-refractivity contribution >= 4 is 5.84 Å². The molecule has 0 aliphatic carbocycles. The quantitative estimate of drug-likeness (QED) is 0.276. The molecule has 0 aromatic carbocycles. The number of hydrogen-bond acceptors (Lipinski definition) is 4. The highest BCUT2D eigenvalue weighted by molar-refractivity contribution is 5.82. The standard InChI is InChI=1S/C9H16N2O3/c10-8(11-12)7-1-3-14-9(5-7)2-4-13-6-9/h7,12H,1-6H2,(H2,10,11). The molecule has 0 amide bonds. The molecule has 0 aromatic rings. The molecular formula is C9H16N2O3. The van der Waals surface area contributed by atoms with Gasteiger partial charge >= 0.3 is 0 Å². The third-order valence-corrected chi connectivity index (χ3v) is 3.09. The first-order valence-electron chi connectivity index (χ1n) is 4.95. The first-order valence-corrected chi connectivity index (χ1v) is 4.95. The average molecular weight is 200 g/mol. The van der Waals surface area contributed by atoms with Crippen LogP contribution >= 0.6 is 0 Å². The van der Waals surface area contributed by atoms with Gasteiger partial charge in [-0.3, -0.25) is 0 Å². The SMILES string of the molecule is NC(=NO)C1CCOC2(CCOC2)C1. The Balaban J connectivity index is 2.03. The predicted octanol–water partition coefficient (Wildman–Crippen LogP) is 0.318. The van der Waals surface area contributed by atoms with Crippen molar-refractivity contribution in [1.29, 1.82) is 0 Å². The summed E-state index contributed by atoms with van der Waals surface area (Å²) in [6.07, 6.45) is 2.56. The Morgan fingerprint density at radius 3 is 3.00 bits per heavy atom. The zero-order valence-corrected chi connectivity index (χ0v) is 8.11. The van der Waals surface area contributed by atoms with E-state index in [2.05, 4.69) is 5.16 Å². The summed E-state index contributed by atoms with van der Waals surface area (Å²) in [6, 6.07) is 0. The maximum absolute atomic E-state index is 8.61. The van der Waals surface area contributed by atoms with E-state index in [9.17, 15) is 0 Å². The number of rotatable bonds is 1. The van der Waals surface area contributed by atoms with Gasteiger partial charge < -0.3 is 20.4 Å². The third-order valence-electron chi connectivity index (χ3n) is 3.09. The molecule has 2 aliphatic heterocycles. The molecule has 80 valence electrons. The molecule has 0 aromatic heterocycles. The molecule has 2 unspecified atom stereocenters. The van der Waals surface area contributed by atoms with Crippen LogP contribution in [0.25, 0.3) is 0 Å². The average Bonchev–Trinajstić information content (AvgIpc) is 2.65. The molecule has 0 radical (unpaired) electrons. The van der Waals surface area contributed by atoms with E-state index < -0.39 is 0 Å². The number of oxime groups is 1. The maximum atomic E-state index is 8.61. The minimum absolute atomic E-state index is 0.135. The third kappa shape index (κ3) is 1.69. The molecule has 2 fully saturated rings. The van der Waals surface area contributed by atoms with E-state index in [1.54, 1.807) is 0 Å². The summed E-state index contributed by atoms with van der Waals surface area (Å²) in [4.78, 5) is 0. The van der Waals surface area contributed by atoms with Crippen LogP contribution in [0.3, 0.4) is 0 Å². The van der Waals surface area contributed by atoms with Gasteiger partial charge in [0.2, 0.25) is 0 Å². The van der Waals surface area contributed by atoms with Crippen LogP contribution in [0.1, 0.15) is 19.3 Å². The first-order chi connectivity index (χ1) is 6.76. The van der Waals surface area contributed by atoms with Crippen LogP contribution in [0.5, 0.6) is 0 Å². The summed E-state index contributed by atoms with van der Waals surface area (Å²) >= 11 is 0. The van der Waals surface area contributed by atoms with E-state index >= 15 is 0 Å². The van der Waals surface area contributed by atoms with Gasteiger partial charge in [0.05, 0.1) is 12.2 Å². The molecule has 2 aliphatic rings. The Hall–Kier alpha value is -0.810. The molecule has 2 atom stereocenters. The molecule has 2 heterocycles. The number of nitrogens with two attached hydrogens (primary N) is 1. The van der Waals surface area contributed by atoms with Crippen LogP contribution in [0.2, 0.25) is 0 Å². The van der Waals surface area contributed by atoms with Crippen molar-refractivity contribution in [3.05, 3.63) is 0 Å². The molecule has 1 spiro atoms. The van der Waals surface area contributed by atoms with E-state index in [1.807, 2.05) is 0 Å². The van der Waals surface area contributed by atoms with Crippen molar-refractivity contribution in [2.45, 2.75) is 24.9 Å². The van der Waals surface area contributed by atoms with E-state index in [4.69, 9.17) is 20.4 Å². The number of nitrogens with zero attached hydrogens (tertiary/aromatic N) is 1. The summed E-state index contributed by atoms with van der Waals surface area (Å²) in [6.45, 7) is 2.06. The fraction of sp³-hybridized carbons (Fsp3) is 0.889. The summed E-state index contributed by atoms with van der Waals surface area (Å²) in [7, 11) is 0. The number of hydrogen-bond donors (Lipinski definition) is 2.